The molecule has 4 nitrogen and oxygen atoms in total. The van der Waals surface area contributed by atoms with E-state index >= 15 is 0 Å². The molecule has 2 N–H and O–H groups in total. The Hall–Kier alpha value is -1.62. The van der Waals surface area contributed by atoms with Crippen molar-refractivity contribution in [3.63, 3.8) is 0 Å². The van der Waals surface area contributed by atoms with Gasteiger partial charge >= 0.3 is 6.03 Å². The van der Waals surface area contributed by atoms with Crippen LogP contribution in [-0.4, -0.2) is 23.1 Å². The Morgan fingerprint density at radius 3 is 2.53 bits per heavy atom. The molecule has 5 heteroatoms. The number of hydrogen-bond donors (Lipinski definition) is 2. The molecular formula is C14H20FN3O. The third-order valence-electron chi connectivity index (χ3n) is 3.55. The SMILES string of the molecule is CC1CCCC(C)N1NC(=O)Nc1ccccc1F. The first-order valence-electron chi connectivity index (χ1n) is 6.68. The predicted molar refractivity (Wildman–Crippen MR) is 73.2 cm³/mol. The number of carbonyl (C=O) groups is 1. The van der Waals surface area contributed by atoms with Crippen molar-refractivity contribution in [3.05, 3.63) is 30.1 Å². The molecule has 0 radical (unpaired) electrons. The van der Waals surface area contributed by atoms with Crippen LogP contribution in [0.25, 0.3) is 0 Å². The third kappa shape index (κ3) is 3.44. The van der Waals surface area contributed by atoms with E-state index in [1.807, 2.05) is 5.01 Å². The van der Waals surface area contributed by atoms with Gasteiger partial charge in [-0.2, -0.15) is 0 Å². The van der Waals surface area contributed by atoms with Crippen LogP contribution < -0.4 is 10.7 Å². The number of nitrogens with zero attached hydrogens (tertiary/aromatic N) is 1. The molecule has 1 saturated heterocycles. The molecule has 2 atom stereocenters. The summed E-state index contributed by atoms with van der Waals surface area (Å²) >= 11 is 0. The second kappa shape index (κ2) is 6.02. The van der Waals surface area contributed by atoms with Gasteiger partial charge in [0, 0.05) is 12.1 Å². The molecule has 1 aliphatic heterocycles. The average molecular weight is 265 g/mol. The molecule has 1 aromatic rings. The molecule has 0 spiro atoms. The number of urea groups is 1. The normalized spacial score (nSPS) is 23.9. The smallest absolute Gasteiger partial charge is 0.304 e. The highest BCUT2D eigenvalue weighted by Crippen LogP contribution is 2.20. The van der Waals surface area contributed by atoms with Gasteiger partial charge < -0.3 is 5.32 Å². The van der Waals surface area contributed by atoms with Crippen LogP contribution in [0.2, 0.25) is 0 Å². The topological polar surface area (TPSA) is 44.4 Å². The summed E-state index contributed by atoms with van der Waals surface area (Å²) in [5, 5.41) is 4.48. The van der Waals surface area contributed by atoms with Crippen LogP contribution in [-0.2, 0) is 0 Å². The maximum Gasteiger partial charge on any atom is 0.333 e. The number of benzene rings is 1. The monoisotopic (exact) mass is 265 g/mol. The predicted octanol–water partition coefficient (Wildman–Crippen LogP) is 3.13. The summed E-state index contributed by atoms with van der Waals surface area (Å²) in [4.78, 5) is 11.9. The van der Waals surface area contributed by atoms with Crippen LogP contribution in [0.4, 0.5) is 14.9 Å². The van der Waals surface area contributed by atoms with Gasteiger partial charge in [0.1, 0.15) is 5.82 Å². The number of piperidine rings is 1. The number of nitrogens with one attached hydrogen (secondary N) is 2. The lowest BCUT2D eigenvalue weighted by atomic mass is 10.00. The molecule has 104 valence electrons. The summed E-state index contributed by atoms with van der Waals surface area (Å²) in [5.41, 5.74) is 3.00. The maximum atomic E-state index is 13.4. The van der Waals surface area contributed by atoms with Gasteiger partial charge in [0.15, 0.2) is 0 Å². The number of carbonyl (C=O) groups excluding carboxylic acids is 1. The van der Waals surface area contributed by atoms with Gasteiger partial charge in [-0.15, -0.1) is 0 Å². The van der Waals surface area contributed by atoms with Crippen molar-refractivity contribution in [1.29, 1.82) is 0 Å². The quantitative estimate of drug-likeness (QED) is 0.863. The maximum absolute atomic E-state index is 13.4. The highest BCUT2D eigenvalue weighted by Gasteiger charge is 2.26. The van der Waals surface area contributed by atoms with E-state index in [1.165, 1.54) is 18.6 Å². The van der Waals surface area contributed by atoms with Crippen molar-refractivity contribution in [2.75, 3.05) is 5.32 Å². The van der Waals surface area contributed by atoms with Gasteiger partial charge in [-0.05, 0) is 38.8 Å². The summed E-state index contributed by atoms with van der Waals surface area (Å²) in [6, 6.07) is 6.34. The summed E-state index contributed by atoms with van der Waals surface area (Å²) in [6.07, 6.45) is 3.30. The van der Waals surface area contributed by atoms with Crippen LogP contribution >= 0.6 is 0 Å². The average Bonchev–Trinajstić information content (AvgIpc) is 2.37. The van der Waals surface area contributed by atoms with Crippen molar-refractivity contribution in [3.8, 4) is 0 Å². The standard InChI is InChI=1S/C14H20FN3O/c1-10-6-5-7-11(2)18(10)17-14(19)16-13-9-4-3-8-12(13)15/h3-4,8-11H,5-7H2,1-2H3,(H2,16,17,19). The van der Waals surface area contributed by atoms with Gasteiger partial charge in [0.2, 0.25) is 0 Å². The number of anilines is 1. The van der Waals surface area contributed by atoms with E-state index in [4.69, 9.17) is 0 Å². The van der Waals surface area contributed by atoms with E-state index in [0.29, 0.717) is 12.1 Å². The molecular weight excluding hydrogens is 245 g/mol. The fraction of sp³-hybridized carbons (Fsp3) is 0.500. The van der Waals surface area contributed by atoms with Gasteiger partial charge in [-0.1, -0.05) is 18.6 Å². The van der Waals surface area contributed by atoms with Gasteiger partial charge in [0.05, 0.1) is 5.69 Å². The minimum Gasteiger partial charge on any atom is -0.304 e. The minimum absolute atomic E-state index is 0.192. The van der Waals surface area contributed by atoms with E-state index in [1.54, 1.807) is 12.1 Å². The van der Waals surface area contributed by atoms with E-state index in [2.05, 4.69) is 24.6 Å². The van der Waals surface area contributed by atoms with E-state index in [0.717, 1.165) is 12.8 Å². The van der Waals surface area contributed by atoms with E-state index in [-0.39, 0.29) is 5.69 Å². The van der Waals surface area contributed by atoms with Crippen LogP contribution in [0.5, 0.6) is 0 Å². The fourth-order valence-electron chi connectivity index (χ4n) is 2.47. The van der Waals surface area contributed by atoms with Gasteiger partial charge in [-0.25, -0.2) is 14.2 Å². The number of hydrogen-bond acceptors (Lipinski definition) is 2. The van der Waals surface area contributed by atoms with Crippen LogP contribution in [0.1, 0.15) is 33.1 Å². The Labute approximate surface area is 113 Å². The second-order valence-electron chi connectivity index (χ2n) is 5.08. The molecule has 0 aliphatic carbocycles. The summed E-state index contributed by atoms with van der Waals surface area (Å²) in [6.45, 7) is 4.16. The number of para-hydroxylation sites is 1. The fourth-order valence-corrected chi connectivity index (χ4v) is 2.47. The minimum atomic E-state index is -0.433. The third-order valence-corrected chi connectivity index (χ3v) is 3.55. The largest absolute Gasteiger partial charge is 0.333 e. The van der Waals surface area contributed by atoms with Crippen molar-refractivity contribution >= 4 is 11.7 Å². The van der Waals surface area contributed by atoms with Crippen LogP contribution in [0.15, 0.2) is 24.3 Å². The lowest BCUT2D eigenvalue weighted by Crippen LogP contribution is -2.55. The number of hydrazine groups is 1. The van der Waals surface area contributed by atoms with E-state index < -0.39 is 11.8 Å². The Morgan fingerprint density at radius 1 is 1.26 bits per heavy atom. The Balaban J connectivity index is 1.96. The Bertz CT molecular complexity index is 442. The zero-order chi connectivity index (χ0) is 13.8. The number of rotatable bonds is 2. The molecule has 19 heavy (non-hydrogen) atoms. The highest BCUT2D eigenvalue weighted by molar-refractivity contribution is 5.89. The zero-order valence-corrected chi connectivity index (χ0v) is 11.3. The molecule has 0 saturated carbocycles. The summed E-state index contributed by atoms with van der Waals surface area (Å²) in [5.74, 6) is -0.433. The zero-order valence-electron chi connectivity index (χ0n) is 11.3. The lowest BCUT2D eigenvalue weighted by molar-refractivity contribution is 0.0625. The van der Waals surface area contributed by atoms with Crippen molar-refractivity contribution in [1.82, 2.24) is 10.4 Å². The molecule has 0 aromatic heterocycles. The summed E-state index contributed by atoms with van der Waals surface area (Å²) in [7, 11) is 0. The first-order valence-corrected chi connectivity index (χ1v) is 6.68. The second-order valence-corrected chi connectivity index (χ2v) is 5.08. The van der Waals surface area contributed by atoms with Gasteiger partial charge in [-0.3, -0.25) is 5.43 Å². The van der Waals surface area contributed by atoms with Crippen molar-refractivity contribution in [2.45, 2.75) is 45.2 Å². The molecule has 1 heterocycles. The molecule has 2 rings (SSSR count). The van der Waals surface area contributed by atoms with Crippen LogP contribution in [0.3, 0.4) is 0 Å². The number of amides is 2. The molecule has 1 aliphatic rings. The summed E-state index contributed by atoms with van der Waals surface area (Å²) < 4.78 is 13.4. The molecule has 1 aromatic carbocycles. The highest BCUT2D eigenvalue weighted by atomic mass is 19.1. The molecule has 2 unspecified atom stereocenters. The molecule has 1 fully saturated rings. The Kier molecular flexibility index (Phi) is 4.37. The Morgan fingerprint density at radius 2 is 1.89 bits per heavy atom. The molecule has 0 bridgehead atoms. The molecule has 2 amide bonds. The van der Waals surface area contributed by atoms with E-state index in [9.17, 15) is 9.18 Å². The van der Waals surface area contributed by atoms with Crippen molar-refractivity contribution < 1.29 is 9.18 Å². The number of halogens is 1. The van der Waals surface area contributed by atoms with Crippen molar-refractivity contribution in [2.24, 2.45) is 0 Å². The first-order chi connectivity index (χ1) is 9.08. The lowest BCUT2D eigenvalue weighted by Gasteiger charge is -2.38. The first kappa shape index (κ1) is 13.8. The van der Waals surface area contributed by atoms with Crippen LogP contribution in [0, 0.1) is 5.82 Å². The van der Waals surface area contributed by atoms with Gasteiger partial charge in [0.25, 0.3) is 0 Å².